The molecule has 2 aliphatic heterocycles. The minimum Gasteiger partial charge on any atom is -0.507 e. The molecule has 4 amide bonds. The molecule has 47 heavy (non-hydrogen) atoms. The van der Waals surface area contributed by atoms with Crippen molar-refractivity contribution in [2.75, 3.05) is 9.80 Å². The number of halogens is 4. The van der Waals surface area contributed by atoms with E-state index < -0.39 is 57.0 Å². The third kappa shape index (κ3) is 3.98. The van der Waals surface area contributed by atoms with Crippen LogP contribution in [0.3, 0.4) is 0 Å². The maximum Gasteiger partial charge on any atom is 0.258 e. The maximum atomic E-state index is 14.6. The van der Waals surface area contributed by atoms with Crippen molar-refractivity contribution in [2.45, 2.75) is 28.5 Å². The fourth-order valence-electron chi connectivity index (χ4n) is 8.15. The molecule has 0 aromatic heterocycles. The van der Waals surface area contributed by atoms with Crippen LogP contribution in [0.4, 0.5) is 15.8 Å². The van der Waals surface area contributed by atoms with Crippen molar-refractivity contribution >= 4 is 80.6 Å². The van der Waals surface area contributed by atoms with Crippen molar-refractivity contribution in [3.63, 3.8) is 0 Å². The van der Waals surface area contributed by atoms with Crippen LogP contribution in [0, 0.1) is 23.6 Å². The van der Waals surface area contributed by atoms with E-state index in [0.29, 0.717) is 32.6 Å². The second-order valence-corrected chi connectivity index (χ2v) is 14.1. The molecule has 0 spiro atoms. The van der Waals surface area contributed by atoms with Crippen molar-refractivity contribution in [3.8, 4) is 5.75 Å². The summed E-state index contributed by atoms with van der Waals surface area (Å²) >= 11 is 21.0. The first-order valence-corrected chi connectivity index (χ1v) is 16.2. The lowest BCUT2D eigenvalue weighted by molar-refractivity contribution is -0.125. The standard InChI is InChI=1S/C36H24Cl3FN2O5/c37-18-5-9-20(10-6-18)41-31(44)26-14-13-25-27(29(26)32(41)45)17-35(38)33(46)42(21-11-7-19(40)8-12-21)34(47)36(35,39)30(25)24-15-16-28(43)23-4-2-1-3-22(23)24/h1-13,15-16,26-27,29-30,43H,14,17H2. The average Bonchev–Trinajstić information content (AvgIpc) is 3.40. The Morgan fingerprint density at radius 1 is 0.745 bits per heavy atom. The summed E-state index contributed by atoms with van der Waals surface area (Å²) in [5.41, 5.74) is 1.62. The summed E-state index contributed by atoms with van der Waals surface area (Å²) in [6, 6.07) is 21.5. The molecule has 7 nitrogen and oxygen atoms in total. The topological polar surface area (TPSA) is 95.0 Å². The number of amides is 4. The van der Waals surface area contributed by atoms with Crippen LogP contribution in [-0.2, 0) is 19.2 Å². The third-order valence-electron chi connectivity index (χ3n) is 10.2. The zero-order chi connectivity index (χ0) is 33.0. The number of benzene rings is 4. The number of carbonyl (C=O) groups excluding carboxylic acids is 4. The van der Waals surface area contributed by atoms with Crippen LogP contribution in [0.2, 0.25) is 5.02 Å². The van der Waals surface area contributed by atoms with Crippen molar-refractivity contribution in [1.29, 1.82) is 0 Å². The molecular formula is C36H24Cl3FN2O5. The van der Waals surface area contributed by atoms with Gasteiger partial charge in [0, 0.05) is 16.3 Å². The van der Waals surface area contributed by atoms with E-state index in [4.69, 9.17) is 34.8 Å². The highest BCUT2D eigenvalue weighted by Crippen LogP contribution is 2.66. The minimum absolute atomic E-state index is 0.00657. The van der Waals surface area contributed by atoms with Gasteiger partial charge < -0.3 is 5.11 Å². The van der Waals surface area contributed by atoms with Crippen molar-refractivity contribution in [3.05, 3.63) is 113 Å². The van der Waals surface area contributed by atoms with Crippen LogP contribution >= 0.6 is 34.8 Å². The van der Waals surface area contributed by atoms with Crippen LogP contribution in [0.15, 0.2) is 96.6 Å². The van der Waals surface area contributed by atoms with E-state index in [2.05, 4.69) is 0 Å². The average molecular weight is 690 g/mol. The fourth-order valence-corrected chi connectivity index (χ4v) is 9.20. The summed E-state index contributed by atoms with van der Waals surface area (Å²) in [5, 5.41) is 12.3. The summed E-state index contributed by atoms with van der Waals surface area (Å²) in [5.74, 6) is -6.35. The Balaban J connectivity index is 1.34. The molecule has 4 aromatic carbocycles. The van der Waals surface area contributed by atoms with E-state index in [9.17, 15) is 28.7 Å². The SMILES string of the molecule is O=C1C2CC=C3C(CC4(Cl)C(=O)N(c5ccc(F)cc5)C(=O)C4(Cl)C3c3ccc(O)c4ccccc34)C2C(=O)N1c1ccc(Cl)cc1. The van der Waals surface area contributed by atoms with E-state index in [-0.39, 0.29) is 30.2 Å². The monoisotopic (exact) mass is 688 g/mol. The molecule has 2 saturated heterocycles. The first-order chi connectivity index (χ1) is 22.5. The normalized spacial score (nSPS) is 30.0. The molecule has 0 radical (unpaired) electrons. The zero-order valence-electron chi connectivity index (χ0n) is 24.4. The van der Waals surface area contributed by atoms with E-state index in [0.717, 1.165) is 21.9 Å². The van der Waals surface area contributed by atoms with Crippen molar-refractivity contribution in [2.24, 2.45) is 17.8 Å². The van der Waals surface area contributed by atoms with Gasteiger partial charge in [-0.15, -0.1) is 23.2 Å². The predicted molar refractivity (Wildman–Crippen MR) is 176 cm³/mol. The Morgan fingerprint density at radius 2 is 1.38 bits per heavy atom. The number of hydrogen-bond acceptors (Lipinski definition) is 5. The molecule has 4 aromatic rings. The smallest absolute Gasteiger partial charge is 0.258 e. The maximum absolute atomic E-state index is 14.6. The number of hydrogen-bond donors (Lipinski definition) is 1. The highest BCUT2D eigenvalue weighted by Gasteiger charge is 2.76. The first kappa shape index (κ1) is 30.1. The number of anilines is 2. The number of alkyl halides is 2. The lowest BCUT2D eigenvalue weighted by atomic mass is 9.56. The van der Waals surface area contributed by atoms with Gasteiger partial charge in [0.1, 0.15) is 11.6 Å². The molecule has 2 aliphatic carbocycles. The van der Waals surface area contributed by atoms with Crippen LogP contribution in [0.1, 0.15) is 24.3 Å². The summed E-state index contributed by atoms with van der Waals surface area (Å²) in [7, 11) is 0. The van der Waals surface area contributed by atoms with Crippen LogP contribution in [0.25, 0.3) is 10.8 Å². The summed E-state index contributed by atoms with van der Waals surface area (Å²) in [4.78, 5) is 55.0. The number of carbonyl (C=O) groups is 4. The van der Waals surface area contributed by atoms with Crippen molar-refractivity contribution in [1.82, 2.24) is 0 Å². The summed E-state index contributed by atoms with van der Waals surface area (Å²) in [6.07, 6.45) is 1.85. The Kier molecular flexibility index (Phi) is 6.65. The van der Waals surface area contributed by atoms with Crippen LogP contribution < -0.4 is 9.80 Å². The highest BCUT2D eigenvalue weighted by molar-refractivity contribution is 6.58. The number of imide groups is 2. The molecule has 236 valence electrons. The molecule has 1 N–H and O–H groups in total. The number of rotatable bonds is 3. The first-order valence-electron chi connectivity index (χ1n) is 15.0. The second kappa shape index (κ2) is 10.4. The van der Waals surface area contributed by atoms with Gasteiger partial charge in [-0.2, -0.15) is 0 Å². The van der Waals surface area contributed by atoms with E-state index in [1.807, 2.05) is 6.08 Å². The molecule has 8 rings (SSSR count). The molecule has 11 heteroatoms. The number of allylic oxidation sites excluding steroid dienone is 2. The number of nitrogens with zero attached hydrogens (tertiary/aromatic N) is 2. The van der Waals surface area contributed by atoms with E-state index >= 15 is 0 Å². The molecule has 2 heterocycles. The fraction of sp³-hybridized carbons (Fsp3) is 0.222. The van der Waals surface area contributed by atoms with Gasteiger partial charge in [-0.3, -0.25) is 24.1 Å². The molecule has 6 unspecified atom stereocenters. The predicted octanol–water partition coefficient (Wildman–Crippen LogP) is 7.11. The number of aromatic hydroxyl groups is 1. The van der Waals surface area contributed by atoms with Gasteiger partial charge in [0.2, 0.25) is 11.8 Å². The molecule has 0 bridgehead atoms. The quantitative estimate of drug-likeness (QED) is 0.141. The number of phenols is 1. The Bertz CT molecular complexity index is 2090. The molecule has 3 fully saturated rings. The molecule has 1 saturated carbocycles. The van der Waals surface area contributed by atoms with Gasteiger partial charge >= 0.3 is 0 Å². The van der Waals surface area contributed by atoms with Gasteiger partial charge in [-0.1, -0.05) is 53.6 Å². The van der Waals surface area contributed by atoms with Gasteiger partial charge in [-0.05, 0) is 84.3 Å². The Morgan fingerprint density at radius 3 is 2.09 bits per heavy atom. The Labute approximate surface area is 283 Å². The second-order valence-electron chi connectivity index (χ2n) is 12.5. The van der Waals surface area contributed by atoms with Gasteiger partial charge in [0.15, 0.2) is 9.75 Å². The Hall–Kier alpha value is -4.24. The lowest BCUT2D eigenvalue weighted by Gasteiger charge is -2.51. The van der Waals surface area contributed by atoms with E-state index in [1.54, 1.807) is 54.6 Å². The lowest BCUT2D eigenvalue weighted by Crippen LogP contribution is -2.60. The molecular weight excluding hydrogens is 666 g/mol. The van der Waals surface area contributed by atoms with Crippen LogP contribution in [-0.4, -0.2) is 38.5 Å². The zero-order valence-corrected chi connectivity index (χ0v) is 26.6. The number of phenolic OH excluding ortho intramolecular Hbond substituents is 1. The largest absolute Gasteiger partial charge is 0.507 e. The van der Waals surface area contributed by atoms with E-state index in [1.165, 1.54) is 18.2 Å². The van der Waals surface area contributed by atoms with Gasteiger partial charge in [0.05, 0.1) is 23.2 Å². The van der Waals surface area contributed by atoms with Crippen LogP contribution in [0.5, 0.6) is 5.75 Å². The third-order valence-corrected chi connectivity index (χ3v) is 11.9. The van der Waals surface area contributed by atoms with Crippen molar-refractivity contribution < 1.29 is 28.7 Å². The van der Waals surface area contributed by atoms with Gasteiger partial charge in [-0.25, -0.2) is 9.29 Å². The molecule has 4 aliphatic rings. The minimum atomic E-state index is -2.09. The number of fused-ring (bicyclic) bond motifs is 5. The summed E-state index contributed by atoms with van der Waals surface area (Å²) < 4.78 is 13.9. The highest BCUT2D eigenvalue weighted by atomic mass is 35.5. The summed E-state index contributed by atoms with van der Waals surface area (Å²) in [6.45, 7) is 0. The molecule has 6 atom stereocenters. The van der Waals surface area contributed by atoms with Gasteiger partial charge in [0.25, 0.3) is 11.8 Å².